The second-order valence-electron chi connectivity index (χ2n) is 4.21. The third kappa shape index (κ3) is 2.56. The van der Waals surface area contributed by atoms with Crippen molar-refractivity contribution >= 4 is 11.4 Å². The number of benzene rings is 2. The predicted octanol–water partition coefficient (Wildman–Crippen LogP) is 4.10. The molecule has 1 heteroatoms. The number of anilines is 1. The van der Waals surface area contributed by atoms with Crippen LogP contribution in [0.15, 0.2) is 61.2 Å². The molecule has 0 radical (unpaired) electrons. The summed E-state index contributed by atoms with van der Waals surface area (Å²) in [6, 6.07) is 18.7. The van der Waals surface area contributed by atoms with E-state index in [9.17, 15) is 0 Å². The lowest BCUT2D eigenvalue weighted by atomic mass is 10.1. The molecule has 0 aliphatic carbocycles. The lowest BCUT2D eigenvalue weighted by Gasteiger charge is -2.22. The molecule has 2 aromatic rings. The topological polar surface area (TPSA) is 3.24 Å². The molecule has 0 unspecified atom stereocenters. The van der Waals surface area contributed by atoms with E-state index < -0.39 is 0 Å². The smallest absolute Gasteiger partial charge is 0.0408 e. The summed E-state index contributed by atoms with van der Waals surface area (Å²) in [5, 5.41) is 0. The fourth-order valence-electron chi connectivity index (χ4n) is 1.75. The first-order chi connectivity index (χ1) is 8.18. The van der Waals surface area contributed by atoms with Gasteiger partial charge in [0.2, 0.25) is 0 Å². The second kappa shape index (κ2) is 4.88. The van der Waals surface area contributed by atoms with Crippen LogP contribution in [-0.4, -0.2) is 7.05 Å². The molecule has 0 spiro atoms. The van der Waals surface area contributed by atoms with E-state index in [0.717, 1.165) is 16.9 Å². The van der Waals surface area contributed by atoms with Gasteiger partial charge < -0.3 is 4.90 Å². The first-order valence-electron chi connectivity index (χ1n) is 5.73. The molecular formula is C16H17N. The Morgan fingerprint density at radius 1 is 0.941 bits per heavy atom. The summed E-state index contributed by atoms with van der Waals surface area (Å²) in [5.41, 5.74) is 4.59. The van der Waals surface area contributed by atoms with E-state index in [-0.39, 0.29) is 0 Å². The Balaban J connectivity index is 2.23. The van der Waals surface area contributed by atoms with Gasteiger partial charge >= 0.3 is 0 Å². The maximum absolute atomic E-state index is 4.15. The van der Waals surface area contributed by atoms with E-state index in [2.05, 4.69) is 54.8 Å². The summed E-state index contributed by atoms with van der Waals surface area (Å²) in [6.07, 6.45) is 0. The van der Waals surface area contributed by atoms with Gasteiger partial charge in [-0.2, -0.15) is 0 Å². The van der Waals surface area contributed by atoms with Crippen molar-refractivity contribution in [3.05, 3.63) is 72.3 Å². The summed E-state index contributed by atoms with van der Waals surface area (Å²) in [5.74, 6) is 0. The molecule has 0 N–H and O–H groups in total. The van der Waals surface area contributed by atoms with Gasteiger partial charge in [-0.3, -0.25) is 0 Å². The first kappa shape index (κ1) is 11.5. The van der Waals surface area contributed by atoms with E-state index >= 15 is 0 Å². The highest BCUT2D eigenvalue weighted by Gasteiger charge is 2.06. The molecular weight excluding hydrogens is 206 g/mol. The number of aryl methyl sites for hydroxylation is 1. The Labute approximate surface area is 103 Å². The quantitative estimate of drug-likeness (QED) is 0.757. The highest BCUT2D eigenvalue weighted by Crippen LogP contribution is 2.23. The third-order valence-electron chi connectivity index (χ3n) is 2.93. The van der Waals surface area contributed by atoms with Crippen LogP contribution in [0.4, 0.5) is 5.69 Å². The number of nitrogens with zero attached hydrogens (tertiary/aromatic N) is 1. The summed E-state index contributed by atoms with van der Waals surface area (Å²) in [6.45, 7) is 6.24. The van der Waals surface area contributed by atoms with Crippen molar-refractivity contribution in [1.82, 2.24) is 0 Å². The van der Waals surface area contributed by atoms with E-state index in [0.29, 0.717) is 0 Å². The summed E-state index contributed by atoms with van der Waals surface area (Å²) >= 11 is 0. The molecule has 17 heavy (non-hydrogen) atoms. The van der Waals surface area contributed by atoms with Gasteiger partial charge in [0.25, 0.3) is 0 Å². The lowest BCUT2D eigenvalue weighted by Crippen LogP contribution is -2.14. The molecule has 0 aliphatic heterocycles. The molecule has 0 amide bonds. The molecule has 2 rings (SSSR count). The zero-order valence-electron chi connectivity index (χ0n) is 10.4. The largest absolute Gasteiger partial charge is 0.345 e. The summed E-state index contributed by atoms with van der Waals surface area (Å²) in [4.78, 5) is 2.11. The van der Waals surface area contributed by atoms with Crippen molar-refractivity contribution in [2.75, 3.05) is 11.9 Å². The van der Waals surface area contributed by atoms with Crippen LogP contribution in [0.1, 0.15) is 11.1 Å². The van der Waals surface area contributed by atoms with Crippen LogP contribution in [-0.2, 0) is 0 Å². The van der Waals surface area contributed by atoms with Gasteiger partial charge in [-0.1, -0.05) is 54.6 Å². The van der Waals surface area contributed by atoms with Gasteiger partial charge in [0.05, 0.1) is 0 Å². The normalized spacial score (nSPS) is 10.0. The average molecular weight is 223 g/mol. The van der Waals surface area contributed by atoms with Crippen molar-refractivity contribution in [1.29, 1.82) is 0 Å². The van der Waals surface area contributed by atoms with E-state index in [1.165, 1.54) is 5.56 Å². The fraction of sp³-hybridized carbons (Fsp3) is 0.125. The Hall–Kier alpha value is -2.02. The van der Waals surface area contributed by atoms with Crippen molar-refractivity contribution in [3.8, 4) is 0 Å². The van der Waals surface area contributed by atoms with Crippen LogP contribution in [0.5, 0.6) is 0 Å². The molecule has 0 fully saturated rings. The maximum atomic E-state index is 4.15. The van der Waals surface area contributed by atoms with Crippen molar-refractivity contribution in [2.45, 2.75) is 6.92 Å². The minimum Gasteiger partial charge on any atom is -0.345 e. The second-order valence-corrected chi connectivity index (χ2v) is 4.21. The summed E-state index contributed by atoms with van der Waals surface area (Å²) < 4.78 is 0. The SMILES string of the molecule is C=C(c1ccccc1)N(C)c1ccc(C)cc1. The van der Waals surface area contributed by atoms with Crippen LogP contribution in [0, 0.1) is 6.92 Å². The van der Waals surface area contributed by atoms with Gasteiger partial charge in [-0.05, 0) is 24.6 Å². The van der Waals surface area contributed by atoms with Gasteiger partial charge in [-0.25, -0.2) is 0 Å². The Bertz CT molecular complexity index is 497. The number of rotatable bonds is 3. The zero-order chi connectivity index (χ0) is 12.3. The average Bonchev–Trinajstić information content (AvgIpc) is 2.39. The monoisotopic (exact) mass is 223 g/mol. The molecule has 0 aromatic heterocycles. The molecule has 0 bridgehead atoms. The van der Waals surface area contributed by atoms with Crippen LogP contribution >= 0.6 is 0 Å². The van der Waals surface area contributed by atoms with Gasteiger partial charge in [-0.15, -0.1) is 0 Å². The Morgan fingerprint density at radius 2 is 1.53 bits per heavy atom. The highest BCUT2D eigenvalue weighted by atomic mass is 15.1. The van der Waals surface area contributed by atoms with Crippen LogP contribution in [0.3, 0.4) is 0 Å². The minimum atomic E-state index is 1.01. The molecule has 2 aromatic carbocycles. The van der Waals surface area contributed by atoms with E-state index in [1.807, 2.05) is 25.2 Å². The highest BCUT2D eigenvalue weighted by molar-refractivity contribution is 5.77. The number of hydrogen-bond donors (Lipinski definition) is 0. The third-order valence-corrected chi connectivity index (χ3v) is 2.93. The van der Waals surface area contributed by atoms with Crippen LogP contribution in [0.25, 0.3) is 5.70 Å². The molecule has 0 saturated carbocycles. The van der Waals surface area contributed by atoms with E-state index in [1.54, 1.807) is 0 Å². The van der Waals surface area contributed by atoms with Crippen LogP contribution in [0.2, 0.25) is 0 Å². The van der Waals surface area contributed by atoms with Gasteiger partial charge in [0.15, 0.2) is 0 Å². The van der Waals surface area contributed by atoms with E-state index in [4.69, 9.17) is 0 Å². The number of hydrogen-bond acceptors (Lipinski definition) is 1. The zero-order valence-corrected chi connectivity index (χ0v) is 10.4. The molecule has 0 atom stereocenters. The van der Waals surface area contributed by atoms with Crippen molar-refractivity contribution in [3.63, 3.8) is 0 Å². The van der Waals surface area contributed by atoms with Crippen LogP contribution < -0.4 is 4.90 Å². The molecule has 0 saturated heterocycles. The lowest BCUT2D eigenvalue weighted by molar-refractivity contribution is 1.22. The molecule has 86 valence electrons. The Kier molecular flexibility index (Phi) is 3.29. The minimum absolute atomic E-state index is 1.01. The predicted molar refractivity (Wildman–Crippen MR) is 75.1 cm³/mol. The van der Waals surface area contributed by atoms with Crippen molar-refractivity contribution < 1.29 is 0 Å². The molecule has 0 aliphatic rings. The van der Waals surface area contributed by atoms with Gasteiger partial charge in [0.1, 0.15) is 0 Å². The molecule has 0 heterocycles. The van der Waals surface area contributed by atoms with Crippen molar-refractivity contribution in [2.24, 2.45) is 0 Å². The fourth-order valence-corrected chi connectivity index (χ4v) is 1.75. The standard InChI is InChI=1S/C16H17N/c1-13-9-11-16(12-10-13)17(3)14(2)15-7-5-4-6-8-15/h4-12H,2H2,1,3H3. The molecule has 1 nitrogen and oxygen atoms in total. The Morgan fingerprint density at radius 3 is 2.12 bits per heavy atom. The first-order valence-corrected chi connectivity index (χ1v) is 5.73. The summed E-state index contributed by atoms with van der Waals surface area (Å²) in [7, 11) is 2.04. The van der Waals surface area contributed by atoms with Gasteiger partial charge in [0, 0.05) is 18.4 Å². The maximum Gasteiger partial charge on any atom is 0.0408 e.